The second-order valence-electron chi connectivity index (χ2n) is 17.3. The Kier molecular flexibility index (Phi) is 22.1. The Hall–Kier alpha value is -4.79. The number of piperazine rings is 1. The number of benzene rings is 3. The number of ether oxygens (including phenoxy) is 5. The monoisotopic (exact) mass is 1030 g/mol. The zero-order valence-corrected chi connectivity index (χ0v) is 43.2. The van der Waals surface area contributed by atoms with Gasteiger partial charge in [0.1, 0.15) is 5.03 Å². The van der Waals surface area contributed by atoms with E-state index in [2.05, 4.69) is 104 Å². The molecule has 15 nitrogen and oxygen atoms in total. The molecular weight excluding hydrogens is 960 g/mol. The summed E-state index contributed by atoms with van der Waals surface area (Å²) >= 11 is 10.1. The first-order valence-corrected chi connectivity index (χ1v) is 26.4. The van der Waals surface area contributed by atoms with Gasteiger partial charge < -0.3 is 39.0 Å². The van der Waals surface area contributed by atoms with Crippen molar-refractivity contribution in [2.75, 3.05) is 115 Å². The van der Waals surface area contributed by atoms with Crippen LogP contribution >= 0.6 is 35.3 Å². The van der Waals surface area contributed by atoms with Crippen LogP contribution in [0, 0.1) is 0 Å². The van der Waals surface area contributed by atoms with Gasteiger partial charge in [-0.05, 0) is 97.2 Å². The topological polar surface area (TPSA) is 147 Å². The Labute approximate surface area is 431 Å². The summed E-state index contributed by atoms with van der Waals surface area (Å²) < 4.78 is 33.2. The normalized spacial score (nSPS) is 15.5. The number of carbonyl (C=O) groups is 1. The highest BCUT2D eigenvalue weighted by atomic mass is 35.5. The summed E-state index contributed by atoms with van der Waals surface area (Å²) in [6.07, 6.45) is 7.29. The number of pyridine rings is 1. The van der Waals surface area contributed by atoms with Crippen LogP contribution in [0.4, 0.5) is 17.1 Å². The van der Waals surface area contributed by atoms with Gasteiger partial charge in [-0.1, -0.05) is 55.8 Å². The number of thioether (sulfide) groups is 1. The van der Waals surface area contributed by atoms with Crippen molar-refractivity contribution in [3.63, 3.8) is 0 Å². The summed E-state index contributed by atoms with van der Waals surface area (Å²) in [4.78, 5) is 27.2. The van der Waals surface area contributed by atoms with Crippen molar-refractivity contribution in [1.29, 1.82) is 0 Å². The first-order chi connectivity index (χ1) is 34.7. The number of aliphatic carboxylic acids is 1. The zero-order valence-electron chi connectivity index (χ0n) is 40.8. The van der Waals surface area contributed by atoms with Crippen LogP contribution in [0.25, 0.3) is 16.6 Å². The number of anilines is 2. The summed E-state index contributed by atoms with van der Waals surface area (Å²) in [5, 5.41) is 17.7. The maximum Gasteiger partial charge on any atom is 0.307 e. The van der Waals surface area contributed by atoms with E-state index in [1.165, 1.54) is 5.69 Å². The lowest BCUT2D eigenvalue weighted by Gasteiger charge is -2.36. The standard InChI is InChI=1S/C53H67ClN8O7S2/c1-40(2)70-51-11-7-5-9-48(51)58-53(55-3)47(54)39-56-43-12-14-44(15-13-43)60-24-22-59(23-25-60)26-27-65-28-29-66-30-31-67-32-33-68-34-35-69-45-17-19-61(20-18-45)71-50-10-6-4-8-46(50)41-16-21-62-49(36-41)42(38-57-62)37-52(63)64/h4-16,21,36,38-40,45,56H,3,17-20,22-35,37H2,1-2H3,(H,63,64)/b47-39+,58-53?. The molecule has 0 unspecified atom stereocenters. The lowest BCUT2D eigenvalue weighted by molar-refractivity contribution is -0.136. The molecule has 0 spiro atoms. The fourth-order valence-electron chi connectivity index (χ4n) is 8.13. The van der Waals surface area contributed by atoms with Gasteiger partial charge in [0.2, 0.25) is 0 Å². The lowest BCUT2D eigenvalue weighted by atomic mass is 10.1. The van der Waals surface area contributed by atoms with Crippen LogP contribution in [0.15, 0.2) is 128 Å². The molecule has 0 bridgehead atoms. The van der Waals surface area contributed by atoms with Crippen molar-refractivity contribution >= 4 is 76.4 Å². The van der Waals surface area contributed by atoms with E-state index in [1.807, 2.05) is 42.6 Å². The molecule has 18 heteroatoms. The maximum absolute atomic E-state index is 11.4. The van der Waals surface area contributed by atoms with Crippen molar-refractivity contribution in [3.8, 4) is 11.1 Å². The summed E-state index contributed by atoms with van der Waals surface area (Å²) in [5.74, 6) is -0.505. The number of nitrogens with one attached hydrogen (secondary N) is 1. The number of amidine groups is 1. The Morgan fingerprint density at radius 2 is 1.49 bits per heavy atom. The Morgan fingerprint density at radius 1 is 0.845 bits per heavy atom. The number of nitrogens with zero attached hydrogens (tertiary/aromatic N) is 7. The van der Waals surface area contributed by atoms with Gasteiger partial charge in [-0.15, -0.1) is 11.8 Å². The predicted octanol–water partition coefficient (Wildman–Crippen LogP) is 9.43. The molecule has 2 fully saturated rings. The number of piperidine rings is 1. The third-order valence-corrected chi connectivity index (χ3v) is 14.3. The molecule has 2 aliphatic rings. The van der Waals surface area contributed by atoms with Crippen LogP contribution in [0.1, 0.15) is 32.3 Å². The number of para-hydroxylation sites is 1. The van der Waals surface area contributed by atoms with E-state index in [-0.39, 0.29) is 12.5 Å². The largest absolute Gasteiger partial charge is 0.481 e. The number of hydrogen-bond acceptors (Lipinski definition) is 14. The molecule has 2 saturated heterocycles. The van der Waals surface area contributed by atoms with E-state index in [1.54, 1.807) is 40.6 Å². The number of rotatable bonds is 28. The highest BCUT2D eigenvalue weighted by molar-refractivity contribution is 8.00. The van der Waals surface area contributed by atoms with Crippen molar-refractivity contribution in [1.82, 2.24) is 18.8 Å². The van der Waals surface area contributed by atoms with Gasteiger partial charge in [-0.2, -0.15) is 5.10 Å². The molecule has 71 heavy (non-hydrogen) atoms. The van der Waals surface area contributed by atoms with Gasteiger partial charge in [0.15, 0.2) is 5.84 Å². The van der Waals surface area contributed by atoms with Crippen LogP contribution in [-0.2, 0) is 34.9 Å². The molecule has 0 aliphatic carbocycles. The molecule has 2 aromatic heterocycles. The van der Waals surface area contributed by atoms with Gasteiger partial charge >= 0.3 is 5.97 Å². The summed E-state index contributed by atoms with van der Waals surface area (Å²) in [6.45, 7) is 19.5. The van der Waals surface area contributed by atoms with Crippen LogP contribution in [-0.4, -0.2) is 159 Å². The molecule has 4 heterocycles. The van der Waals surface area contributed by atoms with Crippen molar-refractivity contribution in [3.05, 3.63) is 114 Å². The van der Waals surface area contributed by atoms with Crippen molar-refractivity contribution in [2.24, 2.45) is 9.98 Å². The molecule has 3 aromatic carbocycles. The molecule has 7 rings (SSSR count). The summed E-state index contributed by atoms with van der Waals surface area (Å²) in [6, 6.07) is 28.7. The number of aliphatic imine (C=N–C) groups is 2. The van der Waals surface area contributed by atoms with Gasteiger partial charge in [0.25, 0.3) is 0 Å². The third-order valence-electron chi connectivity index (χ3n) is 11.8. The number of fused-ring (bicyclic) bond motifs is 1. The van der Waals surface area contributed by atoms with E-state index in [9.17, 15) is 9.90 Å². The molecule has 0 saturated carbocycles. The van der Waals surface area contributed by atoms with Crippen LogP contribution in [0.5, 0.6) is 0 Å². The van der Waals surface area contributed by atoms with Gasteiger partial charge in [0, 0.05) is 90.2 Å². The molecule has 2 aliphatic heterocycles. The summed E-state index contributed by atoms with van der Waals surface area (Å²) in [5.41, 5.74) is 6.59. The fraction of sp³-hybridized carbons (Fsp3) is 0.434. The Balaban J connectivity index is 0.662. The molecule has 0 atom stereocenters. The lowest BCUT2D eigenvalue weighted by Crippen LogP contribution is -2.47. The quantitative estimate of drug-likeness (QED) is 0.0161. The molecule has 2 N–H and O–H groups in total. The highest BCUT2D eigenvalue weighted by Gasteiger charge is 2.22. The molecule has 0 amide bonds. The predicted molar refractivity (Wildman–Crippen MR) is 288 cm³/mol. The van der Waals surface area contributed by atoms with Gasteiger partial charge in [0.05, 0.1) is 89.4 Å². The minimum absolute atomic E-state index is 0.0591. The first kappa shape index (κ1) is 54.0. The molecular formula is C53H67ClN8O7S2. The number of aromatic nitrogens is 2. The average molecular weight is 1030 g/mol. The van der Waals surface area contributed by atoms with Crippen molar-refractivity contribution in [2.45, 2.75) is 54.3 Å². The average Bonchev–Trinajstić information content (AvgIpc) is 3.78. The second-order valence-corrected chi connectivity index (χ2v) is 20.4. The minimum atomic E-state index is -0.869. The van der Waals surface area contributed by atoms with Gasteiger partial charge in [-0.25, -0.2) is 18.8 Å². The van der Waals surface area contributed by atoms with E-state index in [0.29, 0.717) is 81.1 Å². The van der Waals surface area contributed by atoms with E-state index in [4.69, 9.17) is 35.3 Å². The Bertz CT molecular complexity index is 2490. The number of carboxylic acids is 1. The molecule has 0 radical (unpaired) electrons. The van der Waals surface area contributed by atoms with Crippen molar-refractivity contribution < 1.29 is 33.6 Å². The molecule has 380 valence electrons. The summed E-state index contributed by atoms with van der Waals surface area (Å²) in [7, 11) is 0. The Morgan fingerprint density at radius 3 is 2.17 bits per heavy atom. The van der Waals surface area contributed by atoms with E-state index in [0.717, 1.165) is 96.5 Å². The van der Waals surface area contributed by atoms with Crippen LogP contribution in [0.3, 0.4) is 0 Å². The van der Waals surface area contributed by atoms with Crippen LogP contribution in [0.2, 0.25) is 0 Å². The SMILES string of the molecule is C=NC(=Nc1ccccc1SC(C)C)/C(Cl)=C\Nc1ccc(N2CCN(CCOCCOCCOCCOCCOC3CCN(Sc4ccccc4-c4ccn5ncc(CC(=O)O)c5c4)CC3)CC2)cc1. The van der Waals surface area contributed by atoms with E-state index >= 15 is 0 Å². The second kappa shape index (κ2) is 29.0. The van der Waals surface area contributed by atoms with Crippen LogP contribution < -0.4 is 10.2 Å². The third kappa shape index (κ3) is 17.4. The number of halogens is 1. The fourth-order valence-corrected chi connectivity index (χ4v) is 10.3. The maximum atomic E-state index is 11.4. The minimum Gasteiger partial charge on any atom is -0.481 e. The smallest absolute Gasteiger partial charge is 0.307 e. The van der Waals surface area contributed by atoms with E-state index < -0.39 is 5.97 Å². The first-order valence-electron chi connectivity index (χ1n) is 24.4. The molecule has 5 aromatic rings. The number of hydrogen-bond donors (Lipinski definition) is 2. The zero-order chi connectivity index (χ0) is 49.6. The van der Waals surface area contributed by atoms with Gasteiger partial charge in [-0.3, -0.25) is 9.69 Å². The highest BCUT2D eigenvalue weighted by Crippen LogP contribution is 2.36. The number of carboxylic acid groups (broad SMARTS) is 1.